The molecule has 0 unspecified atom stereocenters. The second kappa shape index (κ2) is 8.65. The highest BCUT2D eigenvalue weighted by Crippen LogP contribution is 2.39. The van der Waals surface area contributed by atoms with Gasteiger partial charge < -0.3 is 10.1 Å². The summed E-state index contributed by atoms with van der Waals surface area (Å²) < 4.78 is 4.90. The molecular formula is C19H17ClN2O3S2. The number of rotatable bonds is 4. The number of hydrogen-bond donors (Lipinski definition) is 2. The molecule has 5 nitrogen and oxygen atoms in total. The summed E-state index contributed by atoms with van der Waals surface area (Å²) in [6.45, 7) is 0. The number of benzene rings is 1. The third-order valence-electron chi connectivity index (χ3n) is 4.07. The highest BCUT2D eigenvalue weighted by atomic mass is 35.5. The zero-order valence-electron chi connectivity index (χ0n) is 14.5. The van der Waals surface area contributed by atoms with Crippen molar-refractivity contribution in [2.45, 2.75) is 19.3 Å². The van der Waals surface area contributed by atoms with Gasteiger partial charge >= 0.3 is 5.97 Å². The summed E-state index contributed by atoms with van der Waals surface area (Å²) in [6, 6.07) is 7.10. The summed E-state index contributed by atoms with van der Waals surface area (Å²) in [5.74, 6) is -0.764. The van der Waals surface area contributed by atoms with Gasteiger partial charge in [0.15, 0.2) is 5.11 Å². The molecule has 0 aliphatic heterocycles. The van der Waals surface area contributed by atoms with Crippen LogP contribution in [0.5, 0.6) is 0 Å². The maximum atomic E-state index is 12.1. The van der Waals surface area contributed by atoms with E-state index < -0.39 is 5.97 Å². The molecule has 0 atom stereocenters. The lowest BCUT2D eigenvalue weighted by molar-refractivity contribution is -0.115. The van der Waals surface area contributed by atoms with Crippen LogP contribution in [0.4, 0.5) is 5.00 Å². The van der Waals surface area contributed by atoms with Crippen LogP contribution in [0.2, 0.25) is 5.02 Å². The first kappa shape index (κ1) is 19.5. The molecule has 0 radical (unpaired) electrons. The highest BCUT2D eigenvalue weighted by Gasteiger charge is 2.27. The van der Waals surface area contributed by atoms with Gasteiger partial charge in [0.05, 0.1) is 12.7 Å². The number of fused-ring (bicyclic) bond motifs is 1. The summed E-state index contributed by atoms with van der Waals surface area (Å²) in [5.41, 5.74) is 2.38. The average molecular weight is 421 g/mol. The minimum Gasteiger partial charge on any atom is -0.465 e. The van der Waals surface area contributed by atoms with Crippen molar-refractivity contribution in [2.24, 2.45) is 0 Å². The number of nitrogens with one attached hydrogen (secondary N) is 2. The first-order valence-corrected chi connectivity index (χ1v) is 9.86. The Morgan fingerprint density at radius 2 is 2.00 bits per heavy atom. The van der Waals surface area contributed by atoms with Gasteiger partial charge in [0, 0.05) is 16.0 Å². The molecule has 27 heavy (non-hydrogen) atoms. The van der Waals surface area contributed by atoms with Gasteiger partial charge in [0.2, 0.25) is 5.91 Å². The molecule has 1 heterocycles. The summed E-state index contributed by atoms with van der Waals surface area (Å²) >= 11 is 12.5. The summed E-state index contributed by atoms with van der Waals surface area (Å²) in [7, 11) is 1.35. The number of ether oxygens (including phenoxy) is 1. The lowest BCUT2D eigenvalue weighted by Crippen LogP contribution is -2.33. The van der Waals surface area contributed by atoms with Crippen molar-refractivity contribution >= 4 is 63.2 Å². The van der Waals surface area contributed by atoms with Gasteiger partial charge in [-0.3, -0.25) is 10.1 Å². The zero-order valence-corrected chi connectivity index (χ0v) is 16.9. The van der Waals surface area contributed by atoms with E-state index in [0.717, 1.165) is 35.3 Å². The van der Waals surface area contributed by atoms with Crippen molar-refractivity contribution in [1.82, 2.24) is 5.32 Å². The predicted octanol–water partition coefficient (Wildman–Crippen LogP) is 4.20. The number of carbonyl (C=O) groups excluding carboxylic acids is 2. The molecule has 0 bridgehead atoms. The maximum absolute atomic E-state index is 12.1. The quantitative estimate of drug-likeness (QED) is 0.440. The van der Waals surface area contributed by atoms with Gasteiger partial charge in [-0.2, -0.15) is 0 Å². The average Bonchev–Trinajstić information content (AvgIpc) is 3.21. The molecule has 8 heteroatoms. The van der Waals surface area contributed by atoms with E-state index >= 15 is 0 Å². The molecule has 1 aliphatic carbocycles. The standard InChI is InChI=1S/C19H17ClN2O3S2/c1-25-18(24)16-13-3-2-4-14(13)27-17(16)22-19(26)21-15(23)10-7-11-5-8-12(20)9-6-11/h5-10H,2-4H2,1H3,(H2,21,22,23,26)/b10-7+. The van der Waals surface area contributed by atoms with Gasteiger partial charge in [-0.05, 0) is 60.8 Å². The SMILES string of the molecule is COC(=O)c1c(NC(=S)NC(=O)/C=C/c2ccc(Cl)cc2)sc2c1CCC2. The topological polar surface area (TPSA) is 67.4 Å². The number of thiophene rings is 1. The Bertz CT molecular complexity index is 920. The van der Waals surface area contributed by atoms with Crippen molar-refractivity contribution in [3.8, 4) is 0 Å². The van der Waals surface area contributed by atoms with Crippen LogP contribution < -0.4 is 10.6 Å². The van der Waals surface area contributed by atoms with E-state index in [0.29, 0.717) is 15.6 Å². The molecule has 3 rings (SSSR count). The van der Waals surface area contributed by atoms with E-state index in [1.807, 2.05) is 0 Å². The second-order valence-electron chi connectivity index (χ2n) is 5.88. The normalized spacial score (nSPS) is 12.7. The van der Waals surface area contributed by atoms with Crippen molar-refractivity contribution in [3.05, 3.63) is 56.9 Å². The number of thiocarbonyl (C=S) groups is 1. The van der Waals surface area contributed by atoms with Crippen LogP contribution in [0, 0.1) is 0 Å². The van der Waals surface area contributed by atoms with E-state index in [1.54, 1.807) is 30.3 Å². The van der Waals surface area contributed by atoms with Crippen LogP contribution in [-0.4, -0.2) is 24.1 Å². The van der Waals surface area contributed by atoms with E-state index in [4.69, 9.17) is 28.6 Å². The Balaban J connectivity index is 1.65. The number of aryl methyl sites for hydroxylation is 1. The van der Waals surface area contributed by atoms with Crippen LogP contribution >= 0.6 is 35.2 Å². The minimum absolute atomic E-state index is 0.130. The van der Waals surface area contributed by atoms with Crippen LogP contribution in [0.25, 0.3) is 6.08 Å². The molecule has 0 saturated carbocycles. The van der Waals surface area contributed by atoms with Crippen molar-refractivity contribution < 1.29 is 14.3 Å². The van der Waals surface area contributed by atoms with E-state index in [1.165, 1.54) is 24.5 Å². The molecule has 0 spiro atoms. The molecule has 2 N–H and O–H groups in total. The molecule has 1 aromatic heterocycles. The Morgan fingerprint density at radius 1 is 1.26 bits per heavy atom. The Morgan fingerprint density at radius 3 is 2.70 bits per heavy atom. The van der Waals surface area contributed by atoms with Crippen molar-refractivity contribution in [2.75, 3.05) is 12.4 Å². The number of hydrogen-bond acceptors (Lipinski definition) is 5. The monoisotopic (exact) mass is 420 g/mol. The predicted molar refractivity (Wildman–Crippen MR) is 113 cm³/mol. The number of amides is 1. The molecule has 1 amide bonds. The zero-order chi connectivity index (χ0) is 19.4. The first-order valence-electron chi connectivity index (χ1n) is 8.26. The molecule has 1 aromatic carbocycles. The fraction of sp³-hybridized carbons (Fsp3) is 0.211. The Labute approximate surface area is 171 Å². The summed E-state index contributed by atoms with van der Waals surface area (Å²) in [6.07, 6.45) is 5.86. The third kappa shape index (κ3) is 4.74. The molecule has 1 aliphatic rings. The number of carbonyl (C=O) groups is 2. The molecule has 0 fully saturated rings. The van der Waals surface area contributed by atoms with E-state index in [-0.39, 0.29) is 11.0 Å². The maximum Gasteiger partial charge on any atom is 0.341 e. The van der Waals surface area contributed by atoms with E-state index in [2.05, 4.69) is 10.6 Å². The van der Waals surface area contributed by atoms with Crippen LogP contribution in [-0.2, 0) is 22.4 Å². The van der Waals surface area contributed by atoms with Gasteiger partial charge in [-0.15, -0.1) is 11.3 Å². The van der Waals surface area contributed by atoms with Gasteiger partial charge in [-0.25, -0.2) is 4.79 Å². The number of anilines is 1. The Kier molecular flexibility index (Phi) is 6.26. The van der Waals surface area contributed by atoms with Crippen LogP contribution in [0.15, 0.2) is 30.3 Å². The fourth-order valence-electron chi connectivity index (χ4n) is 2.84. The van der Waals surface area contributed by atoms with Crippen LogP contribution in [0.3, 0.4) is 0 Å². The molecule has 2 aromatic rings. The first-order chi connectivity index (χ1) is 13.0. The Hall–Kier alpha value is -2.22. The number of methoxy groups -OCH3 is 1. The van der Waals surface area contributed by atoms with Crippen molar-refractivity contribution in [1.29, 1.82) is 0 Å². The van der Waals surface area contributed by atoms with Gasteiger partial charge in [-0.1, -0.05) is 23.7 Å². The number of halogens is 1. The summed E-state index contributed by atoms with van der Waals surface area (Å²) in [5, 5.41) is 6.91. The third-order valence-corrected chi connectivity index (χ3v) is 5.74. The van der Waals surface area contributed by atoms with Gasteiger partial charge in [0.25, 0.3) is 0 Å². The summed E-state index contributed by atoms with van der Waals surface area (Å²) in [4.78, 5) is 25.4. The lowest BCUT2D eigenvalue weighted by atomic mass is 10.1. The number of esters is 1. The molecular weight excluding hydrogens is 404 g/mol. The second-order valence-corrected chi connectivity index (χ2v) is 7.83. The highest BCUT2D eigenvalue weighted by molar-refractivity contribution is 7.80. The van der Waals surface area contributed by atoms with Crippen molar-refractivity contribution in [3.63, 3.8) is 0 Å². The molecule has 140 valence electrons. The van der Waals surface area contributed by atoms with Crippen LogP contribution in [0.1, 0.15) is 32.8 Å². The van der Waals surface area contributed by atoms with Gasteiger partial charge in [0.1, 0.15) is 5.00 Å². The smallest absolute Gasteiger partial charge is 0.341 e. The largest absolute Gasteiger partial charge is 0.465 e. The minimum atomic E-state index is -0.395. The lowest BCUT2D eigenvalue weighted by Gasteiger charge is -2.09. The van der Waals surface area contributed by atoms with E-state index in [9.17, 15) is 9.59 Å². The molecule has 0 saturated heterocycles. The fourth-order valence-corrected chi connectivity index (χ4v) is 4.52.